The molecule has 1 aromatic carbocycles. The Morgan fingerprint density at radius 1 is 1.07 bits per heavy atom. The van der Waals surface area contributed by atoms with Crippen molar-refractivity contribution in [3.63, 3.8) is 0 Å². The molecule has 2 aliphatic rings. The van der Waals surface area contributed by atoms with Gasteiger partial charge in [0.05, 0.1) is 25.0 Å². The molecule has 2 aliphatic heterocycles. The Morgan fingerprint density at radius 3 is 2.30 bits per heavy atom. The predicted octanol–water partition coefficient (Wildman–Crippen LogP) is 4.73. The number of aryl methyl sites for hydroxylation is 1. The molecule has 0 radical (unpaired) electrons. The first-order chi connectivity index (χ1) is 20.5. The van der Waals surface area contributed by atoms with E-state index in [9.17, 15) is 23.7 Å². The summed E-state index contributed by atoms with van der Waals surface area (Å²) in [7, 11) is -4.12. The van der Waals surface area contributed by atoms with Gasteiger partial charge in [-0.25, -0.2) is 9.36 Å². The van der Waals surface area contributed by atoms with Crippen LogP contribution in [-0.4, -0.2) is 34.2 Å². The lowest BCUT2D eigenvalue weighted by Gasteiger charge is -2.32. The van der Waals surface area contributed by atoms with Crippen molar-refractivity contribution in [1.82, 2.24) is 9.55 Å². The fourth-order valence-corrected chi connectivity index (χ4v) is 5.54. The lowest BCUT2D eigenvalue weighted by Crippen LogP contribution is -2.33. The summed E-state index contributed by atoms with van der Waals surface area (Å²) >= 11 is 0. The Kier molecular flexibility index (Phi) is 9.75. The SMILES string of the molecule is Cc1cn([C@H]2C=C[C@@H](COP3(=O)OCc4cc(C(OC(=O)C(C)C)OC(=O)C(C)C)cc(C(C)(C)C)c4O3)O2)c(=O)[nH]c1=O. The topological polar surface area (TPSA) is 161 Å². The van der Waals surface area contributed by atoms with Crippen LogP contribution in [0, 0.1) is 18.8 Å². The third-order valence-corrected chi connectivity index (χ3v) is 8.18. The number of esters is 2. The standard InChI is InChI=1S/C30H39N2O11P/c1-16(2)26(34)41-28(42-27(35)17(3)4)19-11-20-14-38-44(37,43-24(20)22(12-19)30(6,7)8)39-15-21-9-10-23(40-21)32-13-18(5)25(33)31-29(32)36/h9-13,16-17,21,23,28H,14-15H2,1-8H3,(H,31,33,36)/t21-,23+,44?/m0/s1. The molecule has 0 spiro atoms. The number of H-pyrrole nitrogens is 1. The van der Waals surface area contributed by atoms with Gasteiger partial charge in [-0.1, -0.05) is 54.5 Å². The number of ether oxygens (including phenoxy) is 3. The normalized spacial score (nSPS) is 21.4. The maximum absolute atomic E-state index is 13.6. The van der Waals surface area contributed by atoms with Crippen LogP contribution < -0.4 is 15.8 Å². The highest BCUT2D eigenvalue weighted by molar-refractivity contribution is 7.49. The summed E-state index contributed by atoms with van der Waals surface area (Å²) in [6.45, 7) is 13.7. The zero-order chi connectivity index (χ0) is 32.6. The molecule has 3 atom stereocenters. The molecule has 2 aromatic rings. The summed E-state index contributed by atoms with van der Waals surface area (Å²) < 4.78 is 48.9. The van der Waals surface area contributed by atoms with Crippen molar-refractivity contribution in [2.75, 3.05) is 6.61 Å². The third-order valence-electron chi connectivity index (χ3n) is 6.86. The predicted molar refractivity (Wildman–Crippen MR) is 158 cm³/mol. The van der Waals surface area contributed by atoms with Gasteiger partial charge in [0.15, 0.2) is 6.23 Å². The Hall–Kier alpha value is -3.51. The number of phosphoric acid groups is 1. The van der Waals surface area contributed by atoms with Crippen LogP contribution in [0.2, 0.25) is 0 Å². The van der Waals surface area contributed by atoms with Crippen molar-refractivity contribution < 1.29 is 41.9 Å². The van der Waals surface area contributed by atoms with Gasteiger partial charge in [-0.05, 0) is 30.5 Å². The molecule has 1 N–H and O–H groups in total. The van der Waals surface area contributed by atoms with Crippen LogP contribution in [0.5, 0.6) is 5.75 Å². The molecule has 0 bridgehead atoms. The van der Waals surface area contributed by atoms with Crippen molar-refractivity contribution >= 4 is 19.8 Å². The summed E-state index contributed by atoms with van der Waals surface area (Å²) in [6.07, 6.45) is 1.87. The summed E-state index contributed by atoms with van der Waals surface area (Å²) in [5.41, 5.74) is 0.173. The second-order valence-corrected chi connectivity index (χ2v) is 14.0. The molecular weight excluding hydrogens is 595 g/mol. The molecule has 0 saturated heterocycles. The molecule has 14 heteroatoms. The smallest absolute Gasteiger partial charge is 0.420 e. The summed E-state index contributed by atoms with van der Waals surface area (Å²) in [5, 5.41) is 0. The van der Waals surface area contributed by atoms with Crippen molar-refractivity contribution in [3.8, 4) is 5.75 Å². The van der Waals surface area contributed by atoms with E-state index in [1.54, 1.807) is 58.9 Å². The first-order valence-corrected chi connectivity index (χ1v) is 15.8. The molecule has 1 aromatic heterocycles. The fourth-order valence-electron chi connectivity index (χ4n) is 4.30. The highest BCUT2D eigenvalue weighted by Crippen LogP contribution is 2.57. The molecule has 0 amide bonds. The van der Waals surface area contributed by atoms with E-state index < -0.39 is 66.9 Å². The number of hydrogen-bond acceptors (Lipinski definition) is 11. The summed E-state index contributed by atoms with van der Waals surface area (Å²) in [5.74, 6) is -1.72. The minimum absolute atomic E-state index is 0.164. The first-order valence-electron chi connectivity index (χ1n) is 14.3. The summed E-state index contributed by atoms with van der Waals surface area (Å²) in [6, 6.07) is 3.31. The van der Waals surface area contributed by atoms with Crippen molar-refractivity contribution in [1.29, 1.82) is 0 Å². The maximum Gasteiger partial charge on any atom is 0.530 e. The van der Waals surface area contributed by atoms with E-state index in [4.69, 9.17) is 27.8 Å². The second kappa shape index (κ2) is 12.8. The molecule has 240 valence electrons. The lowest BCUT2D eigenvalue weighted by molar-refractivity contribution is -0.194. The van der Waals surface area contributed by atoms with Gasteiger partial charge < -0.3 is 18.7 Å². The molecule has 0 saturated carbocycles. The average molecular weight is 635 g/mol. The first kappa shape index (κ1) is 33.4. The van der Waals surface area contributed by atoms with E-state index in [2.05, 4.69) is 4.98 Å². The number of carbonyl (C=O) groups excluding carboxylic acids is 2. The molecule has 3 heterocycles. The van der Waals surface area contributed by atoms with E-state index in [1.165, 1.54) is 10.8 Å². The number of nitrogens with zero attached hydrogens (tertiary/aromatic N) is 1. The van der Waals surface area contributed by atoms with Crippen LogP contribution in [0.15, 0.2) is 40.1 Å². The minimum atomic E-state index is -4.12. The number of hydrogen-bond donors (Lipinski definition) is 1. The molecular formula is C30H39N2O11P. The number of aromatic nitrogens is 2. The van der Waals surface area contributed by atoms with Gasteiger partial charge in [0.1, 0.15) is 11.9 Å². The van der Waals surface area contributed by atoms with Gasteiger partial charge in [-0.3, -0.25) is 33.0 Å². The number of carbonyl (C=O) groups is 2. The molecule has 13 nitrogen and oxygen atoms in total. The van der Waals surface area contributed by atoms with E-state index >= 15 is 0 Å². The maximum atomic E-state index is 13.6. The van der Waals surface area contributed by atoms with Crippen LogP contribution in [0.4, 0.5) is 0 Å². The summed E-state index contributed by atoms with van der Waals surface area (Å²) in [4.78, 5) is 51.2. The van der Waals surface area contributed by atoms with Crippen LogP contribution in [0.25, 0.3) is 0 Å². The average Bonchev–Trinajstić information content (AvgIpc) is 3.41. The number of rotatable bonds is 9. The minimum Gasteiger partial charge on any atom is -0.420 e. The van der Waals surface area contributed by atoms with Gasteiger partial charge in [-0.15, -0.1) is 0 Å². The highest BCUT2D eigenvalue weighted by Gasteiger charge is 2.40. The molecule has 0 fully saturated rings. The van der Waals surface area contributed by atoms with E-state index in [0.29, 0.717) is 22.3 Å². The van der Waals surface area contributed by atoms with Gasteiger partial charge in [0.25, 0.3) is 11.8 Å². The number of aromatic amines is 1. The zero-order valence-corrected chi connectivity index (χ0v) is 27.0. The van der Waals surface area contributed by atoms with Crippen LogP contribution in [0.1, 0.15) is 83.2 Å². The van der Waals surface area contributed by atoms with Gasteiger partial charge in [-0.2, -0.15) is 0 Å². The van der Waals surface area contributed by atoms with Crippen LogP contribution in [0.3, 0.4) is 0 Å². The Morgan fingerprint density at radius 2 is 1.70 bits per heavy atom. The van der Waals surface area contributed by atoms with Gasteiger partial charge in [0, 0.05) is 28.5 Å². The van der Waals surface area contributed by atoms with Gasteiger partial charge >= 0.3 is 25.5 Å². The monoisotopic (exact) mass is 634 g/mol. The van der Waals surface area contributed by atoms with Crippen molar-refractivity contribution in [2.45, 2.75) is 86.0 Å². The zero-order valence-electron chi connectivity index (χ0n) is 26.1. The Bertz CT molecular complexity index is 1590. The van der Waals surface area contributed by atoms with Crippen molar-refractivity contribution in [2.24, 2.45) is 11.8 Å². The van der Waals surface area contributed by atoms with Crippen LogP contribution in [-0.2, 0) is 49.4 Å². The number of phosphoric ester groups is 1. The van der Waals surface area contributed by atoms with Crippen LogP contribution >= 0.6 is 7.82 Å². The quantitative estimate of drug-likeness (QED) is 0.176. The van der Waals surface area contributed by atoms with E-state index in [-0.39, 0.29) is 19.0 Å². The molecule has 1 unspecified atom stereocenters. The molecule has 44 heavy (non-hydrogen) atoms. The van der Waals surface area contributed by atoms with E-state index in [1.807, 2.05) is 20.8 Å². The van der Waals surface area contributed by atoms with Gasteiger partial charge in [0.2, 0.25) is 0 Å². The third kappa shape index (κ3) is 7.58. The number of benzene rings is 1. The number of nitrogens with one attached hydrogen (secondary N) is 1. The fraction of sp³-hybridized carbons (Fsp3) is 0.533. The highest BCUT2D eigenvalue weighted by atomic mass is 31.2. The molecule has 4 rings (SSSR count). The molecule has 0 aliphatic carbocycles. The van der Waals surface area contributed by atoms with Crippen molar-refractivity contribution in [3.05, 3.63) is 73.6 Å². The van der Waals surface area contributed by atoms with E-state index in [0.717, 1.165) is 0 Å². The second-order valence-electron chi connectivity index (χ2n) is 12.4. The largest absolute Gasteiger partial charge is 0.530 e. The number of fused-ring (bicyclic) bond motifs is 1. The Balaban J connectivity index is 1.54. The lowest BCUT2D eigenvalue weighted by atomic mass is 9.84. The Labute approximate surface area is 255 Å².